The van der Waals surface area contributed by atoms with Crippen molar-refractivity contribution in [2.24, 2.45) is 5.41 Å². The van der Waals surface area contributed by atoms with Crippen molar-refractivity contribution in [1.29, 1.82) is 0 Å². The first kappa shape index (κ1) is 16.7. The quantitative estimate of drug-likeness (QED) is 0.686. The zero-order valence-corrected chi connectivity index (χ0v) is 13.5. The second-order valence-electron chi connectivity index (χ2n) is 6.29. The zero-order valence-electron chi connectivity index (χ0n) is 13.5. The number of aliphatic hydroxyl groups is 1. The largest absolute Gasteiger partial charge is 0.469 e. The number of ketones is 1. The topological polar surface area (TPSA) is 63.6 Å². The summed E-state index contributed by atoms with van der Waals surface area (Å²) in [6, 6.07) is 5.48. The molecule has 1 aliphatic carbocycles. The molecule has 4 nitrogen and oxygen atoms in total. The molecule has 0 aromatic heterocycles. The molecule has 0 saturated heterocycles. The highest BCUT2D eigenvalue weighted by atomic mass is 16.5. The Kier molecular flexibility index (Phi) is 5.01. The number of benzene rings is 1. The van der Waals surface area contributed by atoms with Crippen LogP contribution in [-0.4, -0.2) is 30.1 Å². The third-order valence-corrected chi connectivity index (χ3v) is 4.76. The smallest absolute Gasteiger partial charge is 0.314 e. The molecule has 1 aromatic rings. The molecule has 1 unspecified atom stereocenters. The van der Waals surface area contributed by atoms with Crippen LogP contribution < -0.4 is 0 Å². The Morgan fingerprint density at radius 2 is 1.82 bits per heavy atom. The molecular formula is C18H24O4. The van der Waals surface area contributed by atoms with E-state index < -0.39 is 17.5 Å². The molecule has 22 heavy (non-hydrogen) atoms. The van der Waals surface area contributed by atoms with Crippen LogP contribution in [0.3, 0.4) is 0 Å². The maximum absolute atomic E-state index is 12.7. The minimum atomic E-state index is -1.35. The van der Waals surface area contributed by atoms with Crippen molar-refractivity contribution in [3.05, 3.63) is 34.9 Å². The Balaban J connectivity index is 2.35. The number of methoxy groups -OCH3 is 1. The Labute approximate surface area is 131 Å². The van der Waals surface area contributed by atoms with Gasteiger partial charge in [0.05, 0.1) is 7.11 Å². The van der Waals surface area contributed by atoms with Crippen molar-refractivity contribution < 1.29 is 19.4 Å². The summed E-state index contributed by atoms with van der Waals surface area (Å²) in [4.78, 5) is 25.0. The molecule has 2 rings (SSSR count). The fourth-order valence-electron chi connectivity index (χ4n) is 3.46. The maximum atomic E-state index is 12.7. The van der Waals surface area contributed by atoms with E-state index in [1.54, 1.807) is 6.07 Å². The molecule has 1 aromatic carbocycles. The second kappa shape index (κ2) is 6.61. The number of rotatable bonds is 4. The monoisotopic (exact) mass is 304 g/mol. The Morgan fingerprint density at radius 3 is 2.36 bits per heavy atom. The van der Waals surface area contributed by atoms with E-state index in [2.05, 4.69) is 0 Å². The number of esters is 1. The van der Waals surface area contributed by atoms with E-state index in [1.165, 1.54) is 7.11 Å². The fraction of sp³-hybridized carbons (Fsp3) is 0.556. The van der Waals surface area contributed by atoms with Crippen LogP contribution in [0, 0.1) is 19.3 Å². The van der Waals surface area contributed by atoms with Gasteiger partial charge in [0.15, 0.2) is 5.78 Å². The first-order valence-corrected chi connectivity index (χ1v) is 7.80. The summed E-state index contributed by atoms with van der Waals surface area (Å²) in [6.07, 6.45) is 2.32. The molecular weight excluding hydrogens is 280 g/mol. The molecule has 1 aliphatic rings. The van der Waals surface area contributed by atoms with E-state index >= 15 is 0 Å². The van der Waals surface area contributed by atoms with E-state index in [0.29, 0.717) is 18.4 Å². The molecule has 0 spiro atoms. The van der Waals surface area contributed by atoms with Gasteiger partial charge in [0.2, 0.25) is 0 Å². The van der Waals surface area contributed by atoms with Crippen molar-refractivity contribution in [2.75, 3.05) is 7.11 Å². The van der Waals surface area contributed by atoms with Gasteiger partial charge in [-0.25, -0.2) is 0 Å². The van der Waals surface area contributed by atoms with Crippen molar-refractivity contribution in [2.45, 2.75) is 52.1 Å². The van der Waals surface area contributed by atoms with Gasteiger partial charge in [0, 0.05) is 5.56 Å². The molecule has 0 amide bonds. The SMILES string of the molecule is COC(=O)C1(C(O)C(=O)c2ccc(C)cc2C)CCCCC1. The second-order valence-corrected chi connectivity index (χ2v) is 6.29. The third kappa shape index (κ3) is 2.93. The molecule has 0 bridgehead atoms. The van der Waals surface area contributed by atoms with Crippen LogP contribution in [0.4, 0.5) is 0 Å². The lowest BCUT2D eigenvalue weighted by atomic mass is 9.68. The van der Waals surface area contributed by atoms with Crippen LogP contribution in [0.2, 0.25) is 0 Å². The number of carbonyl (C=O) groups excluding carboxylic acids is 2. The molecule has 1 saturated carbocycles. The molecule has 1 fully saturated rings. The number of carbonyl (C=O) groups is 2. The van der Waals surface area contributed by atoms with Crippen LogP contribution >= 0.6 is 0 Å². The minimum Gasteiger partial charge on any atom is -0.469 e. The third-order valence-electron chi connectivity index (χ3n) is 4.76. The molecule has 4 heteroatoms. The van der Waals surface area contributed by atoms with Gasteiger partial charge in [-0.2, -0.15) is 0 Å². The van der Waals surface area contributed by atoms with Crippen LogP contribution in [0.1, 0.15) is 53.6 Å². The highest BCUT2D eigenvalue weighted by Gasteiger charge is 2.50. The summed E-state index contributed by atoms with van der Waals surface area (Å²) >= 11 is 0. The number of hydrogen-bond donors (Lipinski definition) is 1. The normalized spacial score (nSPS) is 18.5. The van der Waals surface area contributed by atoms with Gasteiger partial charge in [0.25, 0.3) is 0 Å². The van der Waals surface area contributed by atoms with Gasteiger partial charge in [-0.15, -0.1) is 0 Å². The van der Waals surface area contributed by atoms with Gasteiger partial charge < -0.3 is 9.84 Å². The minimum absolute atomic E-state index is 0.384. The Hall–Kier alpha value is -1.68. The molecule has 1 N–H and O–H groups in total. The number of aliphatic hydroxyl groups excluding tert-OH is 1. The first-order valence-electron chi connectivity index (χ1n) is 7.80. The first-order chi connectivity index (χ1) is 10.4. The van der Waals surface area contributed by atoms with Crippen molar-refractivity contribution >= 4 is 11.8 Å². The van der Waals surface area contributed by atoms with E-state index in [9.17, 15) is 14.7 Å². The van der Waals surface area contributed by atoms with Crippen molar-refractivity contribution in [3.8, 4) is 0 Å². The maximum Gasteiger partial charge on any atom is 0.314 e. The predicted octanol–water partition coefficient (Wildman–Crippen LogP) is 2.97. The fourth-order valence-corrected chi connectivity index (χ4v) is 3.46. The highest BCUT2D eigenvalue weighted by molar-refractivity contribution is 6.03. The van der Waals surface area contributed by atoms with Crippen molar-refractivity contribution in [1.82, 2.24) is 0 Å². The van der Waals surface area contributed by atoms with Gasteiger partial charge in [0.1, 0.15) is 11.5 Å². The van der Waals surface area contributed by atoms with Crippen LogP contribution in [0.5, 0.6) is 0 Å². The lowest BCUT2D eigenvalue weighted by Gasteiger charge is -2.37. The zero-order chi connectivity index (χ0) is 16.3. The van der Waals surface area contributed by atoms with Crippen molar-refractivity contribution in [3.63, 3.8) is 0 Å². The predicted molar refractivity (Wildman–Crippen MR) is 83.8 cm³/mol. The number of hydrogen-bond acceptors (Lipinski definition) is 4. The standard InChI is InChI=1S/C18H24O4/c1-12-7-8-14(13(2)11-12)15(19)16(20)18(17(21)22-3)9-5-4-6-10-18/h7-8,11,16,20H,4-6,9-10H2,1-3H3. The lowest BCUT2D eigenvalue weighted by Crippen LogP contribution is -2.48. The number of aryl methyl sites for hydroxylation is 2. The van der Waals surface area contributed by atoms with Crippen LogP contribution in [0.25, 0.3) is 0 Å². The average molecular weight is 304 g/mol. The van der Waals surface area contributed by atoms with Gasteiger partial charge >= 0.3 is 5.97 Å². The van der Waals surface area contributed by atoms with Gasteiger partial charge in [-0.05, 0) is 32.3 Å². The van der Waals surface area contributed by atoms with E-state index in [-0.39, 0.29) is 5.78 Å². The molecule has 120 valence electrons. The van der Waals surface area contributed by atoms with Crippen LogP contribution in [0.15, 0.2) is 18.2 Å². The average Bonchev–Trinajstić information content (AvgIpc) is 2.53. The lowest BCUT2D eigenvalue weighted by molar-refractivity contribution is -0.161. The van der Waals surface area contributed by atoms with E-state index in [1.807, 2.05) is 26.0 Å². The van der Waals surface area contributed by atoms with Gasteiger partial charge in [-0.1, -0.05) is 43.0 Å². The summed E-state index contributed by atoms with van der Waals surface area (Å²) in [6.45, 7) is 3.80. The molecule has 0 heterocycles. The van der Waals surface area contributed by atoms with E-state index in [4.69, 9.17) is 4.74 Å². The summed E-state index contributed by atoms with van der Waals surface area (Å²) < 4.78 is 4.90. The Bertz CT molecular complexity index is 570. The van der Waals surface area contributed by atoms with Gasteiger partial charge in [-0.3, -0.25) is 9.59 Å². The summed E-state index contributed by atoms with van der Waals surface area (Å²) in [5.74, 6) is -0.859. The summed E-state index contributed by atoms with van der Waals surface area (Å²) in [5, 5.41) is 10.7. The molecule has 1 atom stereocenters. The number of Topliss-reactive ketones (excluding diaryl/α,β-unsaturated/α-hetero) is 1. The summed E-state index contributed by atoms with van der Waals surface area (Å²) in [7, 11) is 1.31. The highest BCUT2D eigenvalue weighted by Crippen LogP contribution is 2.41. The number of ether oxygens (including phenoxy) is 1. The molecule has 0 radical (unpaired) electrons. The van der Waals surface area contributed by atoms with E-state index in [0.717, 1.165) is 30.4 Å². The Morgan fingerprint density at radius 1 is 1.18 bits per heavy atom. The molecule has 0 aliphatic heterocycles. The summed E-state index contributed by atoms with van der Waals surface area (Å²) in [5.41, 5.74) is 1.26. The van der Waals surface area contributed by atoms with Crippen LogP contribution in [-0.2, 0) is 9.53 Å².